The zero-order chi connectivity index (χ0) is 19.4. The van der Waals surface area contributed by atoms with Crippen LogP contribution in [0, 0.1) is 6.92 Å². The minimum Gasteiger partial charge on any atom is -0.496 e. The molecule has 0 spiro atoms. The van der Waals surface area contributed by atoms with Crippen LogP contribution in [0.3, 0.4) is 0 Å². The van der Waals surface area contributed by atoms with Crippen molar-refractivity contribution in [2.75, 3.05) is 20.8 Å². The first-order chi connectivity index (χ1) is 13.0. The lowest BCUT2D eigenvalue weighted by Gasteiger charge is -2.18. The van der Waals surface area contributed by atoms with Crippen molar-refractivity contribution in [3.63, 3.8) is 0 Å². The van der Waals surface area contributed by atoms with Crippen LogP contribution in [0.2, 0.25) is 0 Å². The van der Waals surface area contributed by atoms with E-state index in [1.165, 1.54) is 4.90 Å². The number of ether oxygens (including phenoxy) is 2. The van der Waals surface area contributed by atoms with Gasteiger partial charge in [0.2, 0.25) is 5.76 Å². The van der Waals surface area contributed by atoms with Crippen LogP contribution in [0.1, 0.15) is 21.7 Å². The Morgan fingerprint density at radius 3 is 2.52 bits per heavy atom. The van der Waals surface area contributed by atoms with Gasteiger partial charge in [0.1, 0.15) is 11.3 Å². The molecule has 0 aliphatic rings. The molecule has 2 aromatic carbocycles. The normalized spacial score (nSPS) is 10.6. The van der Waals surface area contributed by atoms with Gasteiger partial charge in [0.05, 0.1) is 7.11 Å². The summed E-state index contributed by atoms with van der Waals surface area (Å²) in [7, 11) is 3.23. The van der Waals surface area contributed by atoms with Crippen LogP contribution in [-0.2, 0) is 16.1 Å². The molecule has 0 atom stereocenters. The number of esters is 1. The number of furan rings is 1. The SMILES string of the molecule is COc1ccccc1CN(C)C(=O)COC(=O)c1oc2ccccc2c1C. The molecule has 3 aromatic rings. The van der Waals surface area contributed by atoms with Crippen LogP contribution < -0.4 is 4.74 Å². The Morgan fingerprint density at radius 1 is 1.07 bits per heavy atom. The van der Waals surface area contributed by atoms with E-state index in [1.54, 1.807) is 27.1 Å². The Kier molecular flexibility index (Phi) is 5.45. The van der Waals surface area contributed by atoms with E-state index in [0.29, 0.717) is 23.4 Å². The van der Waals surface area contributed by atoms with E-state index in [4.69, 9.17) is 13.9 Å². The Labute approximate surface area is 157 Å². The molecule has 0 bridgehead atoms. The first kappa shape index (κ1) is 18.5. The van der Waals surface area contributed by atoms with Gasteiger partial charge in [-0.05, 0) is 19.1 Å². The fourth-order valence-corrected chi connectivity index (χ4v) is 2.85. The fraction of sp³-hybridized carbons (Fsp3) is 0.238. The van der Waals surface area contributed by atoms with Crippen LogP contribution in [0.15, 0.2) is 52.9 Å². The first-order valence-electron chi connectivity index (χ1n) is 8.52. The number of methoxy groups -OCH3 is 1. The van der Waals surface area contributed by atoms with Crippen molar-refractivity contribution in [3.8, 4) is 5.75 Å². The summed E-state index contributed by atoms with van der Waals surface area (Å²) in [5.41, 5.74) is 2.18. The van der Waals surface area contributed by atoms with E-state index >= 15 is 0 Å². The van der Waals surface area contributed by atoms with Crippen molar-refractivity contribution in [1.29, 1.82) is 0 Å². The van der Waals surface area contributed by atoms with Crippen molar-refractivity contribution >= 4 is 22.8 Å². The van der Waals surface area contributed by atoms with Crippen LogP contribution in [0.25, 0.3) is 11.0 Å². The largest absolute Gasteiger partial charge is 0.496 e. The van der Waals surface area contributed by atoms with Gasteiger partial charge in [0, 0.05) is 30.1 Å². The minimum absolute atomic E-state index is 0.122. The predicted octanol–water partition coefficient (Wildman–Crippen LogP) is 3.57. The third kappa shape index (κ3) is 3.95. The summed E-state index contributed by atoms with van der Waals surface area (Å²) in [6.45, 7) is 1.78. The summed E-state index contributed by atoms with van der Waals surface area (Å²) >= 11 is 0. The summed E-state index contributed by atoms with van der Waals surface area (Å²) in [4.78, 5) is 26.1. The molecule has 0 saturated heterocycles. The maximum absolute atomic E-state index is 12.3. The second-order valence-electron chi connectivity index (χ2n) is 6.19. The van der Waals surface area contributed by atoms with Crippen molar-refractivity contribution in [2.45, 2.75) is 13.5 Å². The molecule has 0 unspecified atom stereocenters. The zero-order valence-corrected chi connectivity index (χ0v) is 15.5. The third-order valence-corrected chi connectivity index (χ3v) is 4.38. The Bertz CT molecular complexity index is 976. The molecule has 6 nitrogen and oxygen atoms in total. The molecule has 0 aliphatic heterocycles. The van der Waals surface area contributed by atoms with Gasteiger partial charge in [0.15, 0.2) is 6.61 Å². The van der Waals surface area contributed by atoms with Gasteiger partial charge < -0.3 is 18.8 Å². The maximum Gasteiger partial charge on any atom is 0.375 e. The van der Waals surface area contributed by atoms with Crippen LogP contribution in [0.4, 0.5) is 0 Å². The van der Waals surface area contributed by atoms with Crippen molar-refractivity contribution in [1.82, 2.24) is 4.90 Å². The molecule has 6 heteroatoms. The quantitative estimate of drug-likeness (QED) is 0.623. The molecule has 1 aromatic heterocycles. The molecule has 27 heavy (non-hydrogen) atoms. The molecular formula is C21H21NO5. The van der Waals surface area contributed by atoms with Crippen LogP contribution in [-0.4, -0.2) is 37.5 Å². The smallest absolute Gasteiger partial charge is 0.375 e. The number of fused-ring (bicyclic) bond motifs is 1. The first-order valence-corrected chi connectivity index (χ1v) is 8.52. The molecule has 0 N–H and O–H groups in total. The third-order valence-electron chi connectivity index (χ3n) is 4.38. The Hall–Kier alpha value is -3.28. The number of carbonyl (C=O) groups is 2. The number of likely N-dealkylation sites (N-methyl/N-ethyl adjacent to an activating group) is 1. The summed E-state index contributed by atoms with van der Waals surface area (Å²) in [5.74, 6) is -0.144. The van der Waals surface area contributed by atoms with Gasteiger partial charge in [-0.1, -0.05) is 36.4 Å². The molecule has 0 radical (unpaired) electrons. The molecule has 3 rings (SSSR count). The molecule has 0 aliphatic carbocycles. The minimum atomic E-state index is -0.650. The number of nitrogens with zero attached hydrogens (tertiary/aromatic N) is 1. The molecule has 0 saturated carbocycles. The van der Waals surface area contributed by atoms with Crippen molar-refractivity contribution < 1.29 is 23.5 Å². The van der Waals surface area contributed by atoms with Gasteiger partial charge in [0.25, 0.3) is 5.91 Å². The number of hydrogen-bond acceptors (Lipinski definition) is 5. The lowest BCUT2D eigenvalue weighted by atomic mass is 10.1. The summed E-state index contributed by atoms with van der Waals surface area (Å²) in [6, 6.07) is 14.8. The predicted molar refractivity (Wildman–Crippen MR) is 101 cm³/mol. The Balaban J connectivity index is 1.62. The lowest BCUT2D eigenvalue weighted by molar-refractivity contribution is -0.133. The van der Waals surface area contributed by atoms with Gasteiger partial charge in [-0.2, -0.15) is 0 Å². The summed E-state index contributed by atoms with van der Waals surface area (Å²) in [6.07, 6.45) is 0. The molecule has 140 valence electrons. The highest BCUT2D eigenvalue weighted by atomic mass is 16.5. The average molecular weight is 367 g/mol. The standard InChI is InChI=1S/C21H21NO5/c1-14-16-9-5-7-11-18(16)27-20(14)21(24)26-13-19(23)22(2)12-15-8-4-6-10-17(15)25-3/h4-11H,12-13H2,1-3H3. The molecule has 0 fully saturated rings. The van der Waals surface area contributed by atoms with Gasteiger partial charge in [-0.15, -0.1) is 0 Å². The molecule has 1 heterocycles. The maximum atomic E-state index is 12.3. The van der Waals surface area contributed by atoms with E-state index in [-0.39, 0.29) is 18.3 Å². The van der Waals surface area contributed by atoms with Gasteiger partial charge in [-0.3, -0.25) is 4.79 Å². The average Bonchev–Trinajstić information content (AvgIpc) is 3.03. The highest BCUT2D eigenvalue weighted by molar-refractivity contribution is 5.96. The number of aryl methyl sites for hydroxylation is 1. The summed E-state index contributed by atoms with van der Waals surface area (Å²) < 4.78 is 16.0. The second kappa shape index (κ2) is 7.95. The number of carbonyl (C=O) groups excluding carboxylic acids is 2. The number of amides is 1. The van der Waals surface area contributed by atoms with Crippen molar-refractivity contribution in [2.24, 2.45) is 0 Å². The number of benzene rings is 2. The van der Waals surface area contributed by atoms with Gasteiger partial charge in [-0.25, -0.2) is 4.79 Å². The zero-order valence-electron chi connectivity index (χ0n) is 15.5. The highest BCUT2D eigenvalue weighted by Gasteiger charge is 2.21. The lowest BCUT2D eigenvalue weighted by Crippen LogP contribution is -2.31. The number of rotatable bonds is 6. The number of hydrogen-bond donors (Lipinski definition) is 0. The van der Waals surface area contributed by atoms with E-state index in [9.17, 15) is 9.59 Å². The van der Waals surface area contributed by atoms with Crippen molar-refractivity contribution in [3.05, 3.63) is 65.4 Å². The Morgan fingerprint density at radius 2 is 1.78 bits per heavy atom. The second-order valence-corrected chi connectivity index (χ2v) is 6.19. The summed E-state index contributed by atoms with van der Waals surface area (Å²) in [5, 5.41) is 0.851. The van der Waals surface area contributed by atoms with Crippen LogP contribution in [0.5, 0.6) is 5.75 Å². The number of para-hydroxylation sites is 2. The van der Waals surface area contributed by atoms with E-state index in [1.807, 2.05) is 42.5 Å². The highest BCUT2D eigenvalue weighted by Crippen LogP contribution is 2.25. The fourth-order valence-electron chi connectivity index (χ4n) is 2.85. The van der Waals surface area contributed by atoms with Crippen LogP contribution >= 0.6 is 0 Å². The molecular weight excluding hydrogens is 346 g/mol. The molecule has 1 amide bonds. The van der Waals surface area contributed by atoms with E-state index in [2.05, 4.69) is 0 Å². The van der Waals surface area contributed by atoms with E-state index < -0.39 is 5.97 Å². The topological polar surface area (TPSA) is 69.0 Å². The monoisotopic (exact) mass is 367 g/mol. The van der Waals surface area contributed by atoms with Gasteiger partial charge >= 0.3 is 5.97 Å². The van der Waals surface area contributed by atoms with E-state index in [0.717, 1.165) is 10.9 Å².